The van der Waals surface area contributed by atoms with Crippen molar-refractivity contribution in [3.8, 4) is 16.3 Å². The van der Waals surface area contributed by atoms with Gasteiger partial charge < -0.3 is 9.47 Å². The normalized spacial score (nSPS) is 11.3. The summed E-state index contributed by atoms with van der Waals surface area (Å²) in [5, 5.41) is 2.43. The van der Waals surface area contributed by atoms with Crippen LogP contribution < -0.4 is 9.46 Å². The lowest BCUT2D eigenvalue weighted by Crippen LogP contribution is -2.19. The van der Waals surface area contributed by atoms with Crippen molar-refractivity contribution in [2.24, 2.45) is 0 Å². The van der Waals surface area contributed by atoms with Gasteiger partial charge in [0.25, 0.3) is 0 Å². The first-order valence-corrected chi connectivity index (χ1v) is 10.7. The molecule has 3 aromatic rings. The van der Waals surface area contributed by atoms with Gasteiger partial charge in [0.05, 0.1) is 23.3 Å². The smallest absolute Gasteiger partial charge is 0.341 e. The second-order valence-corrected chi connectivity index (χ2v) is 8.55. The van der Waals surface area contributed by atoms with Crippen LogP contribution in [0.2, 0.25) is 0 Å². The van der Waals surface area contributed by atoms with E-state index in [1.807, 2.05) is 24.3 Å². The molecular weight excluding hydrogens is 419 g/mol. The molecule has 1 N–H and O–H groups in total. The van der Waals surface area contributed by atoms with E-state index in [1.165, 1.54) is 18.4 Å². The number of benzene rings is 2. The summed E-state index contributed by atoms with van der Waals surface area (Å²) in [4.78, 5) is 16.4. The van der Waals surface area contributed by atoms with E-state index in [2.05, 4.69) is 9.71 Å². The van der Waals surface area contributed by atoms with Crippen LogP contribution in [0.4, 0.5) is 4.39 Å². The summed E-state index contributed by atoms with van der Waals surface area (Å²) in [7, 11) is -1.02. The second-order valence-electron chi connectivity index (χ2n) is 5.80. The molecule has 0 spiro atoms. The molecule has 0 aliphatic rings. The number of methoxy groups -OCH3 is 1. The molecule has 0 amide bonds. The third kappa shape index (κ3) is 4.78. The average Bonchev–Trinajstić information content (AvgIpc) is 3.21. The third-order valence-corrected chi connectivity index (χ3v) is 6.31. The molecule has 29 heavy (non-hydrogen) atoms. The molecule has 0 aliphatic heterocycles. The number of nitrogens with zero attached hydrogens (tertiary/aromatic N) is 1. The Kier molecular flexibility index (Phi) is 6.26. The highest BCUT2D eigenvalue weighted by atomic mass is 32.2. The lowest BCUT2D eigenvalue weighted by Gasteiger charge is -2.07. The summed E-state index contributed by atoms with van der Waals surface area (Å²) in [6, 6.07) is 10.3. The molecular formula is C19H17FN2O5S2. The number of nitrogens with one attached hydrogen (secondary N) is 1. The number of esters is 1. The quantitative estimate of drug-likeness (QED) is 0.572. The van der Waals surface area contributed by atoms with Crippen LogP contribution in [0.25, 0.3) is 10.6 Å². The molecule has 3 rings (SSSR count). The first-order chi connectivity index (χ1) is 13.8. The van der Waals surface area contributed by atoms with Crippen molar-refractivity contribution in [2.45, 2.75) is 11.5 Å². The van der Waals surface area contributed by atoms with E-state index in [1.54, 1.807) is 12.5 Å². The first-order valence-electron chi connectivity index (χ1n) is 8.33. The molecule has 2 aromatic carbocycles. The van der Waals surface area contributed by atoms with Crippen LogP contribution in [0, 0.1) is 5.82 Å². The number of hydrogen-bond acceptors (Lipinski definition) is 7. The minimum absolute atomic E-state index is 0.179. The van der Waals surface area contributed by atoms with Crippen LogP contribution in [0.15, 0.2) is 52.7 Å². The molecule has 0 fully saturated rings. The number of aromatic nitrogens is 1. The largest absolute Gasteiger partial charge is 0.497 e. The number of hydrogen-bond donors (Lipinski definition) is 1. The van der Waals surface area contributed by atoms with Gasteiger partial charge in [-0.3, -0.25) is 0 Å². The monoisotopic (exact) mass is 436 g/mol. The van der Waals surface area contributed by atoms with Crippen molar-refractivity contribution in [3.05, 3.63) is 64.9 Å². The number of carbonyl (C=O) groups is 1. The van der Waals surface area contributed by atoms with Gasteiger partial charge in [-0.25, -0.2) is 27.3 Å². The van der Waals surface area contributed by atoms with Gasteiger partial charge in [0, 0.05) is 10.9 Å². The molecule has 10 heteroatoms. The lowest BCUT2D eigenvalue weighted by molar-refractivity contribution is 0.0463. The SMILES string of the molecule is CNS(=O)(=O)c1ccc(F)c(C(=O)OCc2csc(-c3cccc(OC)c3)n2)c1. The number of carbonyl (C=O) groups excluding carboxylic acids is 1. The number of halogens is 1. The maximum atomic E-state index is 14.0. The van der Waals surface area contributed by atoms with Crippen molar-refractivity contribution in [1.29, 1.82) is 0 Å². The van der Waals surface area contributed by atoms with E-state index in [0.29, 0.717) is 16.5 Å². The summed E-state index contributed by atoms with van der Waals surface area (Å²) in [5.74, 6) is -1.16. The van der Waals surface area contributed by atoms with Gasteiger partial charge in [-0.1, -0.05) is 12.1 Å². The van der Waals surface area contributed by atoms with Gasteiger partial charge in [-0.05, 0) is 37.4 Å². The average molecular weight is 436 g/mol. The van der Waals surface area contributed by atoms with Crippen molar-refractivity contribution in [3.63, 3.8) is 0 Å². The third-order valence-electron chi connectivity index (χ3n) is 3.96. The summed E-state index contributed by atoms with van der Waals surface area (Å²) >= 11 is 1.36. The zero-order valence-corrected chi connectivity index (χ0v) is 17.1. The van der Waals surface area contributed by atoms with Gasteiger partial charge in [0.15, 0.2) is 0 Å². The Labute approximate surface area is 171 Å². The second kappa shape index (κ2) is 8.68. The van der Waals surface area contributed by atoms with E-state index in [9.17, 15) is 17.6 Å². The Hall–Kier alpha value is -2.82. The highest BCUT2D eigenvalue weighted by molar-refractivity contribution is 7.89. The Morgan fingerprint density at radius 2 is 2.03 bits per heavy atom. The Morgan fingerprint density at radius 3 is 2.76 bits per heavy atom. The number of sulfonamides is 1. The van der Waals surface area contributed by atoms with Gasteiger partial charge >= 0.3 is 5.97 Å². The fourth-order valence-corrected chi connectivity index (χ4v) is 3.98. The van der Waals surface area contributed by atoms with E-state index < -0.39 is 27.4 Å². The van der Waals surface area contributed by atoms with Gasteiger partial charge in [0.2, 0.25) is 10.0 Å². The van der Waals surface area contributed by atoms with Crippen LogP contribution in [-0.4, -0.2) is 33.5 Å². The predicted octanol–water partition coefficient (Wildman–Crippen LogP) is 3.22. The number of ether oxygens (including phenoxy) is 2. The molecule has 152 valence electrons. The van der Waals surface area contributed by atoms with E-state index in [4.69, 9.17) is 9.47 Å². The van der Waals surface area contributed by atoms with Gasteiger partial charge in [-0.15, -0.1) is 11.3 Å². The minimum atomic E-state index is -3.82. The molecule has 0 radical (unpaired) electrons. The highest BCUT2D eigenvalue weighted by Crippen LogP contribution is 2.27. The van der Waals surface area contributed by atoms with Crippen LogP contribution >= 0.6 is 11.3 Å². The summed E-state index contributed by atoms with van der Waals surface area (Å²) in [5.41, 5.74) is 0.869. The van der Waals surface area contributed by atoms with Crippen molar-refractivity contribution < 1.29 is 27.1 Å². The molecule has 0 bridgehead atoms. The molecule has 0 saturated carbocycles. The van der Waals surface area contributed by atoms with Crippen molar-refractivity contribution in [1.82, 2.24) is 9.71 Å². The Morgan fingerprint density at radius 1 is 1.24 bits per heavy atom. The van der Waals surface area contributed by atoms with Crippen molar-refractivity contribution in [2.75, 3.05) is 14.2 Å². The summed E-state index contributed by atoms with van der Waals surface area (Å²) in [6.45, 7) is -0.179. The molecule has 0 saturated heterocycles. The first kappa shape index (κ1) is 20.9. The Bertz CT molecular complexity index is 1150. The number of rotatable bonds is 7. The molecule has 1 aromatic heterocycles. The minimum Gasteiger partial charge on any atom is -0.497 e. The topological polar surface area (TPSA) is 94.6 Å². The zero-order valence-electron chi connectivity index (χ0n) is 15.5. The fourth-order valence-electron chi connectivity index (χ4n) is 2.43. The molecule has 0 aliphatic carbocycles. The standard InChI is InChI=1S/C19H17FN2O5S2/c1-21-29(24,25)15-6-7-17(20)16(9-15)19(23)27-10-13-11-28-18(22-13)12-4-3-5-14(8-12)26-2/h3-9,11,21H,10H2,1-2H3. The Balaban J connectivity index is 1.73. The molecule has 7 nitrogen and oxygen atoms in total. The number of thiazole rings is 1. The van der Waals surface area contributed by atoms with Crippen molar-refractivity contribution >= 4 is 27.3 Å². The van der Waals surface area contributed by atoms with E-state index >= 15 is 0 Å². The van der Waals surface area contributed by atoms with Gasteiger partial charge in [-0.2, -0.15) is 0 Å². The maximum Gasteiger partial charge on any atom is 0.341 e. The van der Waals surface area contributed by atoms with Crippen LogP contribution in [-0.2, 0) is 21.4 Å². The van der Waals surface area contributed by atoms with Crippen LogP contribution in [0.1, 0.15) is 16.1 Å². The zero-order chi connectivity index (χ0) is 21.0. The van der Waals surface area contributed by atoms with E-state index in [0.717, 1.165) is 23.8 Å². The molecule has 0 unspecified atom stereocenters. The highest BCUT2D eigenvalue weighted by Gasteiger charge is 2.19. The molecule has 0 atom stereocenters. The molecule has 1 heterocycles. The fraction of sp³-hybridized carbons (Fsp3) is 0.158. The van der Waals surface area contributed by atoms with Crippen LogP contribution in [0.3, 0.4) is 0 Å². The summed E-state index contributed by atoms with van der Waals surface area (Å²) < 4.78 is 50.1. The predicted molar refractivity (Wildman–Crippen MR) is 106 cm³/mol. The van der Waals surface area contributed by atoms with Gasteiger partial charge in [0.1, 0.15) is 23.2 Å². The summed E-state index contributed by atoms with van der Waals surface area (Å²) in [6.07, 6.45) is 0. The maximum absolute atomic E-state index is 14.0. The lowest BCUT2D eigenvalue weighted by atomic mass is 10.2. The van der Waals surface area contributed by atoms with E-state index in [-0.39, 0.29) is 11.5 Å². The van der Waals surface area contributed by atoms with Crippen LogP contribution in [0.5, 0.6) is 5.75 Å².